The summed E-state index contributed by atoms with van der Waals surface area (Å²) in [5.41, 5.74) is 1.61. The summed E-state index contributed by atoms with van der Waals surface area (Å²) in [6, 6.07) is 0. The predicted octanol–water partition coefficient (Wildman–Crippen LogP) is 3.02. The second-order valence-corrected chi connectivity index (χ2v) is 6.58. The minimum absolute atomic E-state index is 0.387. The van der Waals surface area contributed by atoms with Crippen LogP contribution in [-0.2, 0) is 9.47 Å². The molecule has 1 saturated heterocycles. The molecule has 0 spiro atoms. The molecule has 0 bridgehead atoms. The van der Waals surface area contributed by atoms with Crippen molar-refractivity contribution in [3.8, 4) is 0 Å². The van der Waals surface area contributed by atoms with Crippen LogP contribution in [-0.4, -0.2) is 51.5 Å². The van der Waals surface area contributed by atoms with Crippen LogP contribution in [0.5, 0.6) is 0 Å². The van der Waals surface area contributed by atoms with Crippen LogP contribution in [0.15, 0.2) is 16.6 Å². The van der Waals surface area contributed by atoms with E-state index in [9.17, 15) is 0 Å². The van der Waals surface area contributed by atoms with Gasteiger partial charge in [-0.2, -0.15) is 0 Å². The number of guanidine groups is 1. The van der Waals surface area contributed by atoms with Crippen molar-refractivity contribution < 1.29 is 9.47 Å². The molecule has 1 heterocycles. The molecular weight excluding hydrogens is 302 g/mol. The van der Waals surface area contributed by atoms with E-state index in [1.165, 1.54) is 25.7 Å². The third kappa shape index (κ3) is 8.15. The zero-order chi connectivity index (χ0) is 16.9. The van der Waals surface area contributed by atoms with E-state index < -0.39 is 0 Å². The van der Waals surface area contributed by atoms with Crippen LogP contribution >= 0.6 is 0 Å². The first-order valence-corrected chi connectivity index (χ1v) is 9.78. The lowest BCUT2D eigenvalue weighted by Gasteiger charge is -2.22. The number of rotatable bonds is 9. The second kappa shape index (κ2) is 12.3. The normalized spacial score (nSPS) is 19.9. The van der Waals surface area contributed by atoms with Gasteiger partial charge in [-0.05, 0) is 58.3 Å². The number of nitrogens with zero attached hydrogens (tertiary/aromatic N) is 1. The smallest absolute Gasteiger partial charge is 0.191 e. The second-order valence-electron chi connectivity index (χ2n) is 6.58. The van der Waals surface area contributed by atoms with Crippen molar-refractivity contribution in [3.63, 3.8) is 0 Å². The van der Waals surface area contributed by atoms with E-state index in [-0.39, 0.29) is 0 Å². The first kappa shape index (κ1) is 19.3. The molecule has 1 aliphatic carbocycles. The first-order valence-electron chi connectivity index (χ1n) is 9.78. The molecule has 2 N–H and O–H groups in total. The molecule has 138 valence electrons. The molecule has 1 fully saturated rings. The number of nitrogens with one attached hydrogen (secondary N) is 2. The molecule has 2 rings (SSSR count). The van der Waals surface area contributed by atoms with Crippen LogP contribution in [0.25, 0.3) is 0 Å². The van der Waals surface area contributed by atoms with Crippen LogP contribution in [0.3, 0.4) is 0 Å². The molecule has 0 atom stereocenters. The summed E-state index contributed by atoms with van der Waals surface area (Å²) in [4.78, 5) is 4.65. The third-order valence-corrected chi connectivity index (χ3v) is 4.56. The maximum absolute atomic E-state index is 5.89. The Morgan fingerprint density at radius 3 is 2.92 bits per heavy atom. The predicted molar refractivity (Wildman–Crippen MR) is 99.6 cm³/mol. The molecule has 0 aromatic carbocycles. The van der Waals surface area contributed by atoms with Gasteiger partial charge in [0.15, 0.2) is 5.96 Å². The maximum Gasteiger partial charge on any atom is 0.191 e. The molecule has 0 unspecified atom stereocenters. The van der Waals surface area contributed by atoms with E-state index >= 15 is 0 Å². The Morgan fingerprint density at radius 2 is 2.17 bits per heavy atom. The van der Waals surface area contributed by atoms with Crippen molar-refractivity contribution in [3.05, 3.63) is 11.6 Å². The molecule has 0 aromatic rings. The lowest BCUT2D eigenvalue weighted by atomic mass is 9.97. The number of hydrogen-bond acceptors (Lipinski definition) is 3. The summed E-state index contributed by atoms with van der Waals surface area (Å²) in [5, 5.41) is 6.77. The third-order valence-electron chi connectivity index (χ3n) is 4.56. The van der Waals surface area contributed by atoms with Gasteiger partial charge in [0.05, 0.1) is 6.10 Å². The van der Waals surface area contributed by atoms with Crippen molar-refractivity contribution >= 4 is 5.96 Å². The highest BCUT2D eigenvalue weighted by Gasteiger charge is 2.13. The van der Waals surface area contributed by atoms with Crippen LogP contribution in [0, 0.1) is 0 Å². The Morgan fingerprint density at radius 1 is 1.29 bits per heavy atom. The number of ether oxygens (including phenoxy) is 2. The van der Waals surface area contributed by atoms with Gasteiger partial charge in [-0.15, -0.1) is 0 Å². The van der Waals surface area contributed by atoms with E-state index in [1.54, 1.807) is 5.57 Å². The fourth-order valence-corrected chi connectivity index (χ4v) is 3.16. The van der Waals surface area contributed by atoms with E-state index in [2.05, 4.69) is 28.6 Å². The Labute approximate surface area is 147 Å². The summed E-state index contributed by atoms with van der Waals surface area (Å²) in [7, 11) is 0. The zero-order valence-electron chi connectivity index (χ0n) is 15.3. The molecule has 24 heavy (non-hydrogen) atoms. The van der Waals surface area contributed by atoms with Crippen molar-refractivity contribution in [2.45, 2.75) is 64.4 Å². The van der Waals surface area contributed by atoms with Gasteiger partial charge in [0.2, 0.25) is 0 Å². The molecule has 0 amide bonds. The highest BCUT2D eigenvalue weighted by atomic mass is 16.5. The molecule has 2 aliphatic rings. The SMILES string of the molecule is CCNC(=NCCCOC1CCOCC1)NCCC1=CCCCC1. The van der Waals surface area contributed by atoms with Gasteiger partial charge < -0.3 is 20.1 Å². The monoisotopic (exact) mass is 337 g/mol. The number of hydrogen-bond donors (Lipinski definition) is 2. The fourth-order valence-electron chi connectivity index (χ4n) is 3.16. The van der Waals surface area contributed by atoms with Crippen molar-refractivity contribution in [1.82, 2.24) is 10.6 Å². The molecular formula is C19H35N3O2. The molecule has 0 aromatic heterocycles. The lowest BCUT2D eigenvalue weighted by molar-refractivity contribution is -0.0318. The Hall–Kier alpha value is -1.07. The van der Waals surface area contributed by atoms with Gasteiger partial charge in [-0.25, -0.2) is 0 Å². The average Bonchev–Trinajstić information content (AvgIpc) is 2.63. The van der Waals surface area contributed by atoms with E-state index in [0.717, 1.165) is 71.1 Å². The molecule has 5 heteroatoms. The maximum atomic E-state index is 5.89. The van der Waals surface area contributed by atoms with Gasteiger partial charge in [-0.3, -0.25) is 4.99 Å². The Bertz CT molecular complexity index is 390. The van der Waals surface area contributed by atoms with Crippen molar-refractivity contribution in [2.24, 2.45) is 4.99 Å². The van der Waals surface area contributed by atoms with Gasteiger partial charge in [0, 0.05) is 39.5 Å². The summed E-state index contributed by atoms with van der Waals surface area (Å²) in [6.07, 6.45) is 12.2. The summed E-state index contributed by atoms with van der Waals surface area (Å²) < 4.78 is 11.2. The van der Waals surface area contributed by atoms with E-state index in [0.29, 0.717) is 6.10 Å². The molecule has 0 saturated carbocycles. The van der Waals surface area contributed by atoms with Crippen molar-refractivity contribution in [2.75, 3.05) is 39.5 Å². The summed E-state index contributed by atoms with van der Waals surface area (Å²) in [6.45, 7) is 7.25. The molecule has 5 nitrogen and oxygen atoms in total. The largest absolute Gasteiger partial charge is 0.381 e. The average molecular weight is 338 g/mol. The minimum atomic E-state index is 0.387. The van der Waals surface area contributed by atoms with Crippen LogP contribution in [0.2, 0.25) is 0 Å². The number of aliphatic imine (C=N–C) groups is 1. The first-order chi connectivity index (χ1) is 11.9. The Balaban J connectivity index is 1.57. The quantitative estimate of drug-likeness (QED) is 0.294. The zero-order valence-corrected chi connectivity index (χ0v) is 15.3. The van der Waals surface area contributed by atoms with Crippen LogP contribution in [0.4, 0.5) is 0 Å². The van der Waals surface area contributed by atoms with Gasteiger partial charge >= 0.3 is 0 Å². The fraction of sp³-hybridized carbons (Fsp3) is 0.842. The van der Waals surface area contributed by atoms with Crippen LogP contribution in [0.1, 0.15) is 58.3 Å². The lowest BCUT2D eigenvalue weighted by Crippen LogP contribution is -2.38. The van der Waals surface area contributed by atoms with Gasteiger partial charge in [0.25, 0.3) is 0 Å². The van der Waals surface area contributed by atoms with Gasteiger partial charge in [-0.1, -0.05) is 11.6 Å². The standard InChI is InChI=1S/C19H35N3O2/c1-2-20-19(22-13-9-17-7-4-3-5-8-17)21-12-6-14-24-18-10-15-23-16-11-18/h7,18H,2-6,8-16H2,1H3,(H2,20,21,22). The molecule has 0 radical (unpaired) electrons. The Kier molecular flexibility index (Phi) is 9.88. The van der Waals surface area contributed by atoms with Gasteiger partial charge in [0.1, 0.15) is 0 Å². The minimum Gasteiger partial charge on any atom is -0.381 e. The highest BCUT2D eigenvalue weighted by molar-refractivity contribution is 5.79. The topological polar surface area (TPSA) is 54.9 Å². The van der Waals surface area contributed by atoms with Crippen molar-refractivity contribution in [1.29, 1.82) is 0 Å². The van der Waals surface area contributed by atoms with E-state index in [4.69, 9.17) is 9.47 Å². The highest BCUT2D eigenvalue weighted by Crippen LogP contribution is 2.19. The summed E-state index contributed by atoms with van der Waals surface area (Å²) >= 11 is 0. The summed E-state index contributed by atoms with van der Waals surface area (Å²) in [5.74, 6) is 0.931. The number of allylic oxidation sites excluding steroid dienone is 1. The van der Waals surface area contributed by atoms with E-state index in [1.807, 2.05) is 0 Å². The molecule has 1 aliphatic heterocycles. The van der Waals surface area contributed by atoms with Crippen LogP contribution < -0.4 is 10.6 Å².